The highest BCUT2D eigenvalue weighted by Gasteiger charge is 2.30. The molecular formula is C27H31Cl2N5O6. The van der Waals surface area contributed by atoms with Crippen LogP contribution in [0.2, 0.25) is 10.0 Å². The Hall–Kier alpha value is -3.38. The summed E-state index contributed by atoms with van der Waals surface area (Å²) in [6.07, 6.45) is 2.76. The first kappa shape index (κ1) is 29.6. The van der Waals surface area contributed by atoms with Gasteiger partial charge in [-0.15, -0.1) is 0 Å². The van der Waals surface area contributed by atoms with Crippen LogP contribution in [0.1, 0.15) is 6.92 Å². The first-order chi connectivity index (χ1) is 19.2. The molecule has 2 aromatic heterocycles. The quantitative estimate of drug-likeness (QED) is 0.315. The summed E-state index contributed by atoms with van der Waals surface area (Å²) in [6, 6.07) is 3.14. The number of amides is 1. The molecule has 1 aliphatic heterocycles. The van der Waals surface area contributed by atoms with Gasteiger partial charge in [0.1, 0.15) is 17.1 Å². The van der Waals surface area contributed by atoms with Crippen LogP contribution in [0.15, 0.2) is 35.8 Å². The van der Waals surface area contributed by atoms with Crippen LogP contribution >= 0.6 is 23.2 Å². The molecule has 0 unspecified atom stereocenters. The molecule has 0 spiro atoms. The Balaban J connectivity index is 1.76. The molecule has 1 amide bonds. The lowest BCUT2D eigenvalue weighted by molar-refractivity contribution is -0.139. The first-order valence-corrected chi connectivity index (χ1v) is 13.3. The van der Waals surface area contributed by atoms with Crippen molar-refractivity contribution in [1.82, 2.24) is 19.4 Å². The van der Waals surface area contributed by atoms with E-state index in [0.29, 0.717) is 48.2 Å². The van der Waals surface area contributed by atoms with Gasteiger partial charge in [0.25, 0.3) is 5.56 Å². The molecule has 214 valence electrons. The number of anilines is 1. The molecule has 13 heteroatoms. The zero-order chi connectivity index (χ0) is 29.0. The summed E-state index contributed by atoms with van der Waals surface area (Å²) < 4.78 is 23.4. The van der Waals surface area contributed by atoms with Crippen LogP contribution < -0.4 is 20.3 Å². The van der Waals surface area contributed by atoms with E-state index in [1.54, 1.807) is 30.3 Å². The van der Waals surface area contributed by atoms with Crippen LogP contribution in [0.25, 0.3) is 22.2 Å². The number of halogens is 2. The van der Waals surface area contributed by atoms with Gasteiger partial charge in [0.2, 0.25) is 11.9 Å². The third kappa shape index (κ3) is 6.02. The average molecular weight is 592 g/mol. The summed E-state index contributed by atoms with van der Waals surface area (Å²) in [5.41, 5.74) is 0.512. The molecule has 1 aromatic carbocycles. The highest BCUT2D eigenvalue weighted by Crippen LogP contribution is 2.45. The Labute approximate surface area is 241 Å². The van der Waals surface area contributed by atoms with E-state index in [4.69, 9.17) is 42.1 Å². The van der Waals surface area contributed by atoms with Crippen molar-refractivity contribution in [2.24, 2.45) is 0 Å². The number of hydrogen-bond donors (Lipinski definition) is 1. The van der Waals surface area contributed by atoms with Crippen molar-refractivity contribution >= 4 is 46.1 Å². The number of fused-ring (bicyclic) bond motifs is 1. The van der Waals surface area contributed by atoms with E-state index < -0.39 is 0 Å². The van der Waals surface area contributed by atoms with Crippen molar-refractivity contribution in [2.75, 3.05) is 52.9 Å². The topological polar surface area (TPSA) is 117 Å². The van der Waals surface area contributed by atoms with Crippen molar-refractivity contribution in [1.29, 1.82) is 0 Å². The highest BCUT2D eigenvalue weighted by atomic mass is 35.5. The number of aromatic nitrogens is 3. The van der Waals surface area contributed by atoms with Gasteiger partial charge in [-0.25, -0.2) is 4.98 Å². The van der Waals surface area contributed by atoms with E-state index in [9.17, 15) is 9.59 Å². The summed E-state index contributed by atoms with van der Waals surface area (Å²) in [5.74, 6) is 0.810. The van der Waals surface area contributed by atoms with E-state index in [0.717, 1.165) is 0 Å². The SMILES string of the molecule is C=CC(=O)N1CC(OCCn2c(=O)c(-c3c(Cl)c(OC)cc(OC)c3Cl)cc3cnc(N[C@H](C)COC)nc32)C1. The van der Waals surface area contributed by atoms with Gasteiger partial charge >= 0.3 is 0 Å². The van der Waals surface area contributed by atoms with Crippen LogP contribution in [0.3, 0.4) is 0 Å². The van der Waals surface area contributed by atoms with E-state index in [-0.39, 0.29) is 57.9 Å². The van der Waals surface area contributed by atoms with Gasteiger partial charge in [-0.1, -0.05) is 29.8 Å². The number of pyridine rings is 1. The molecule has 0 bridgehead atoms. The molecule has 4 rings (SSSR count). The second kappa shape index (κ2) is 12.9. The van der Waals surface area contributed by atoms with Crippen molar-refractivity contribution in [3.05, 3.63) is 51.4 Å². The number of benzene rings is 1. The Morgan fingerprint density at radius 1 is 1.20 bits per heavy atom. The van der Waals surface area contributed by atoms with Gasteiger partial charge in [0, 0.05) is 49.5 Å². The van der Waals surface area contributed by atoms with Gasteiger partial charge < -0.3 is 29.2 Å². The number of nitrogens with one attached hydrogen (secondary N) is 1. The van der Waals surface area contributed by atoms with Gasteiger partial charge in [0.15, 0.2) is 0 Å². The van der Waals surface area contributed by atoms with Crippen LogP contribution in [-0.2, 0) is 20.8 Å². The third-order valence-electron chi connectivity index (χ3n) is 6.46. The molecule has 40 heavy (non-hydrogen) atoms. The van der Waals surface area contributed by atoms with Gasteiger partial charge in [-0.3, -0.25) is 14.2 Å². The number of methoxy groups -OCH3 is 3. The lowest BCUT2D eigenvalue weighted by atomic mass is 10.0. The molecule has 1 saturated heterocycles. The van der Waals surface area contributed by atoms with Crippen molar-refractivity contribution < 1.29 is 23.7 Å². The fourth-order valence-corrected chi connectivity index (χ4v) is 5.12. The number of likely N-dealkylation sites (tertiary alicyclic amines) is 1. The number of ether oxygens (including phenoxy) is 4. The maximum absolute atomic E-state index is 14.0. The Kier molecular flexibility index (Phi) is 9.52. The van der Waals surface area contributed by atoms with Gasteiger partial charge in [-0.05, 0) is 19.1 Å². The number of carbonyl (C=O) groups is 1. The second-order valence-electron chi connectivity index (χ2n) is 9.21. The number of nitrogens with zero attached hydrogens (tertiary/aromatic N) is 4. The summed E-state index contributed by atoms with van der Waals surface area (Å²) in [5, 5.41) is 4.09. The summed E-state index contributed by atoms with van der Waals surface area (Å²) in [6.45, 7) is 7.18. The van der Waals surface area contributed by atoms with Crippen LogP contribution in [0, 0.1) is 0 Å². The molecule has 1 N–H and O–H groups in total. The Bertz CT molecular complexity index is 1450. The number of hydrogen-bond acceptors (Lipinski definition) is 9. The van der Waals surface area contributed by atoms with Crippen LogP contribution in [-0.4, -0.2) is 85.1 Å². The van der Waals surface area contributed by atoms with Crippen molar-refractivity contribution in [3.8, 4) is 22.6 Å². The zero-order valence-electron chi connectivity index (χ0n) is 22.7. The van der Waals surface area contributed by atoms with Crippen molar-refractivity contribution in [3.63, 3.8) is 0 Å². The highest BCUT2D eigenvalue weighted by molar-refractivity contribution is 6.41. The normalized spacial score (nSPS) is 14.1. The number of carbonyl (C=O) groups excluding carboxylic acids is 1. The molecule has 1 atom stereocenters. The van der Waals surface area contributed by atoms with Gasteiger partial charge in [0.05, 0.1) is 55.7 Å². The standard InChI is InChI=1S/C27H31Cl2N5O6/c1-6-21(35)33-12-17(13-33)40-8-7-34-25-16(11-30-27(32-25)31-15(2)14-37-3)9-18(26(34)36)22-23(28)19(38-4)10-20(39-5)24(22)29/h6,9-11,15,17H,1,7-8,12-14H2,2-5H3,(H,30,31,32)/t15-/m1/s1. The molecule has 1 aliphatic rings. The van der Waals surface area contributed by atoms with Crippen molar-refractivity contribution in [2.45, 2.75) is 25.6 Å². The maximum Gasteiger partial charge on any atom is 0.260 e. The third-order valence-corrected chi connectivity index (χ3v) is 7.22. The number of rotatable bonds is 12. The van der Waals surface area contributed by atoms with E-state index >= 15 is 0 Å². The minimum atomic E-state index is -0.387. The summed E-state index contributed by atoms with van der Waals surface area (Å²) >= 11 is 13.3. The molecule has 11 nitrogen and oxygen atoms in total. The second-order valence-corrected chi connectivity index (χ2v) is 9.97. The molecule has 0 aliphatic carbocycles. The molecule has 0 radical (unpaired) electrons. The monoisotopic (exact) mass is 591 g/mol. The van der Waals surface area contributed by atoms with Crippen LogP contribution in [0.4, 0.5) is 5.95 Å². The smallest absolute Gasteiger partial charge is 0.260 e. The Morgan fingerprint density at radius 3 is 2.48 bits per heavy atom. The predicted molar refractivity (Wildman–Crippen MR) is 154 cm³/mol. The zero-order valence-corrected chi connectivity index (χ0v) is 24.2. The summed E-state index contributed by atoms with van der Waals surface area (Å²) in [4.78, 5) is 36.4. The van der Waals surface area contributed by atoms with E-state index in [2.05, 4.69) is 21.9 Å². The lowest BCUT2D eigenvalue weighted by Crippen LogP contribution is -2.54. The van der Waals surface area contributed by atoms with E-state index in [1.165, 1.54) is 24.9 Å². The Morgan fingerprint density at radius 2 is 1.88 bits per heavy atom. The fraction of sp³-hybridized carbons (Fsp3) is 0.407. The first-order valence-electron chi connectivity index (χ1n) is 12.5. The molecule has 3 aromatic rings. The minimum Gasteiger partial charge on any atom is -0.495 e. The molecule has 1 fully saturated rings. The fourth-order valence-electron chi connectivity index (χ4n) is 4.41. The van der Waals surface area contributed by atoms with E-state index in [1.807, 2.05) is 6.92 Å². The predicted octanol–water partition coefficient (Wildman–Crippen LogP) is 3.64. The maximum atomic E-state index is 14.0. The molecular weight excluding hydrogens is 561 g/mol. The lowest BCUT2D eigenvalue weighted by Gasteiger charge is -2.38. The molecule has 0 saturated carbocycles. The van der Waals surface area contributed by atoms with Gasteiger partial charge in [-0.2, -0.15) is 4.98 Å². The average Bonchev–Trinajstić information content (AvgIpc) is 2.91. The van der Waals surface area contributed by atoms with Crippen LogP contribution in [0.5, 0.6) is 11.5 Å². The molecule has 3 heterocycles. The minimum absolute atomic E-state index is 0.0630. The largest absolute Gasteiger partial charge is 0.495 e. The summed E-state index contributed by atoms with van der Waals surface area (Å²) in [7, 11) is 4.54.